The maximum absolute atomic E-state index is 5.12. The Morgan fingerprint density at radius 3 is 3.00 bits per heavy atom. The van der Waals surface area contributed by atoms with E-state index < -0.39 is 0 Å². The fraction of sp³-hybridized carbons (Fsp3) is 0.846. The number of ether oxygens (including phenoxy) is 1. The number of piperidine rings is 1. The molecule has 0 aromatic carbocycles. The standard InChI is InChI=1S/C13H26N2O/c1-3-8-15(10-11-16-2)9-6-13-5-4-7-14-12-13/h3,13-14H,1,4-12H2,2H3. The highest BCUT2D eigenvalue weighted by molar-refractivity contribution is 4.76. The smallest absolute Gasteiger partial charge is 0.0589 e. The SMILES string of the molecule is C=CCN(CCOC)CCC1CCCNC1. The summed E-state index contributed by atoms with van der Waals surface area (Å²) < 4.78 is 5.12. The molecular formula is C13H26N2O. The molecule has 1 fully saturated rings. The van der Waals surface area contributed by atoms with Crippen LogP contribution in [0.4, 0.5) is 0 Å². The lowest BCUT2D eigenvalue weighted by Crippen LogP contribution is -2.34. The molecule has 0 aromatic rings. The maximum Gasteiger partial charge on any atom is 0.0589 e. The first-order valence-corrected chi connectivity index (χ1v) is 6.39. The van der Waals surface area contributed by atoms with Crippen molar-refractivity contribution in [2.45, 2.75) is 19.3 Å². The summed E-state index contributed by atoms with van der Waals surface area (Å²) in [6.45, 7) is 10.2. The minimum Gasteiger partial charge on any atom is -0.383 e. The minimum absolute atomic E-state index is 0.816. The molecule has 1 unspecified atom stereocenters. The summed E-state index contributed by atoms with van der Waals surface area (Å²) >= 11 is 0. The van der Waals surface area contributed by atoms with Crippen LogP contribution in [0.25, 0.3) is 0 Å². The van der Waals surface area contributed by atoms with Gasteiger partial charge in [-0.25, -0.2) is 0 Å². The molecule has 1 atom stereocenters. The lowest BCUT2D eigenvalue weighted by atomic mass is 9.96. The highest BCUT2D eigenvalue weighted by Crippen LogP contribution is 2.14. The predicted molar refractivity (Wildman–Crippen MR) is 68.7 cm³/mol. The van der Waals surface area contributed by atoms with Gasteiger partial charge in [-0.2, -0.15) is 0 Å². The van der Waals surface area contributed by atoms with Crippen molar-refractivity contribution in [1.82, 2.24) is 10.2 Å². The Labute approximate surface area is 99.8 Å². The van der Waals surface area contributed by atoms with Gasteiger partial charge >= 0.3 is 0 Å². The molecule has 1 N–H and O–H groups in total. The van der Waals surface area contributed by atoms with E-state index in [1.165, 1.54) is 38.9 Å². The van der Waals surface area contributed by atoms with Crippen LogP contribution in [0, 0.1) is 5.92 Å². The zero-order valence-electron chi connectivity index (χ0n) is 10.6. The number of rotatable bonds is 8. The third-order valence-corrected chi connectivity index (χ3v) is 3.25. The molecular weight excluding hydrogens is 200 g/mol. The molecule has 1 heterocycles. The maximum atomic E-state index is 5.12. The molecule has 3 nitrogen and oxygen atoms in total. The Morgan fingerprint density at radius 1 is 1.50 bits per heavy atom. The molecule has 0 spiro atoms. The second kappa shape index (κ2) is 8.74. The number of methoxy groups -OCH3 is 1. The Bertz CT molecular complexity index is 179. The molecule has 0 aromatic heterocycles. The van der Waals surface area contributed by atoms with Gasteiger partial charge in [0.15, 0.2) is 0 Å². The topological polar surface area (TPSA) is 24.5 Å². The first-order valence-electron chi connectivity index (χ1n) is 6.39. The molecule has 0 amide bonds. The van der Waals surface area contributed by atoms with Gasteiger partial charge in [0.1, 0.15) is 0 Å². The Hall–Kier alpha value is -0.380. The van der Waals surface area contributed by atoms with E-state index in [9.17, 15) is 0 Å². The molecule has 0 aliphatic carbocycles. The minimum atomic E-state index is 0.816. The second-order valence-corrected chi connectivity index (χ2v) is 4.58. The summed E-state index contributed by atoms with van der Waals surface area (Å²) in [5.41, 5.74) is 0. The van der Waals surface area contributed by atoms with Crippen molar-refractivity contribution in [3.8, 4) is 0 Å². The van der Waals surface area contributed by atoms with Crippen molar-refractivity contribution < 1.29 is 4.74 Å². The van der Waals surface area contributed by atoms with E-state index in [1.807, 2.05) is 6.08 Å². The summed E-state index contributed by atoms with van der Waals surface area (Å²) in [6, 6.07) is 0. The van der Waals surface area contributed by atoms with Gasteiger partial charge in [0, 0.05) is 20.2 Å². The summed E-state index contributed by atoms with van der Waals surface area (Å²) in [5, 5.41) is 3.47. The number of nitrogens with zero attached hydrogens (tertiary/aromatic N) is 1. The monoisotopic (exact) mass is 226 g/mol. The van der Waals surface area contributed by atoms with Gasteiger partial charge in [0.2, 0.25) is 0 Å². The van der Waals surface area contributed by atoms with Crippen LogP contribution in [-0.2, 0) is 4.74 Å². The first-order chi connectivity index (χ1) is 7.86. The zero-order chi connectivity index (χ0) is 11.6. The number of hydrogen-bond donors (Lipinski definition) is 1. The summed E-state index contributed by atoms with van der Waals surface area (Å²) in [4.78, 5) is 2.42. The van der Waals surface area contributed by atoms with Crippen molar-refractivity contribution in [1.29, 1.82) is 0 Å². The highest BCUT2D eigenvalue weighted by atomic mass is 16.5. The van der Waals surface area contributed by atoms with Crippen molar-refractivity contribution in [2.24, 2.45) is 5.92 Å². The van der Waals surface area contributed by atoms with Gasteiger partial charge in [-0.15, -0.1) is 6.58 Å². The van der Waals surface area contributed by atoms with Crippen LogP contribution in [0.1, 0.15) is 19.3 Å². The van der Waals surface area contributed by atoms with E-state index in [-0.39, 0.29) is 0 Å². The van der Waals surface area contributed by atoms with E-state index in [1.54, 1.807) is 7.11 Å². The van der Waals surface area contributed by atoms with Crippen LogP contribution < -0.4 is 5.32 Å². The van der Waals surface area contributed by atoms with Crippen LogP contribution >= 0.6 is 0 Å². The highest BCUT2D eigenvalue weighted by Gasteiger charge is 2.13. The second-order valence-electron chi connectivity index (χ2n) is 4.58. The average Bonchev–Trinajstić information content (AvgIpc) is 2.34. The van der Waals surface area contributed by atoms with Crippen molar-refractivity contribution in [2.75, 3.05) is 46.4 Å². The van der Waals surface area contributed by atoms with Gasteiger partial charge < -0.3 is 10.1 Å². The van der Waals surface area contributed by atoms with E-state index in [2.05, 4.69) is 16.8 Å². The van der Waals surface area contributed by atoms with Gasteiger partial charge in [0.25, 0.3) is 0 Å². The molecule has 0 radical (unpaired) electrons. The van der Waals surface area contributed by atoms with E-state index >= 15 is 0 Å². The third kappa shape index (κ3) is 5.64. The van der Waals surface area contributed by atoms with Crippen molar-refractivity contribution in [3.63, 3.8) is 0 Å². The Kier molecular flexibility index (Phi) is 7.47. The quantitative estimate of drug-likeness (QED) is 0.635. The Morgan fingerprint density at radius 2 is 2.38 bits per heavy atom. The van der Waals surface area contributed by atoms with E-state index in [4.69, 9.17) is 4.74 Å². The zero-order valence-corrected chi connectivity index (χ0v) is 10.6. The molecule has 0 saturated carbocycles. The number of nitrogens with one attached hydrogen (secondary N) is 1. The van der Waals surface area contributed by atoms with Crippen LogP contribution in [0.2, 0.25) is 0 Å². The summed E-state index contributed by atoms with van der Waals surface area (Å²) in [6.07, 6.45) is 6.00. The number of hydrogen-bond acceptors (Lipinski definition) is 3. The van der Waals surface area contributed by atoms with Gasteiger partial charge in [0.05, 0.1) is 6.61 Å². The van der Waals surface area contributed by atoms with Crippen LogP contribution in [0.15, 0.2) is 12.7 Å². The van der Waals surface area contributed by atoms with Crippen molar-refractivity contribution >= 4 is 0 Å². The normalized spacial score (nSPS) is 21.2. The predicted octanol–water partition coefficient (Wildman–Crippen LogP) is 1.51. The van der Waals surface area contributed by atoms with E-state index in [0.717, 1.165) is 25.6 Å². The molecule has 1 saturated heterocycles. The first kappa shape index (κ1) is 13.7. The fourth-order valence-corrected chi connectivity index (χ4v) is 2.23. The lowest BCUT2D eigenvalue weighted by Gasteiger charge is -2.26. The molecule has 1 rings (SSSR count). The molecule has 16 heavy (non-hydrogen) atoms. The Balaban J connectivity index is 2.16. The van der Waals surface area contributed by atoms with Gasteiger partial charge in [-0.1, -0.05) is 6.08 Å². The van der Waals surface area contributed by atoms with Crippen LogP contribution in [-0.4, -0.2) is 51.3 Å². The molecule has 3 heteroatoms. The van der Waals surface area contributed by atoms with Gasteiger partial charge in [-0.05, 0) is 44.8 Å². The largest absolute Gasteiger partial charge is 0.383 e. The average molecular weight is 226 g/mol. The van der Waals surface area contributed by atoms with Crippen molar-refractivity contribution in [3.05, 3.63) is 12.7 Å². The molecule has 0 bridgehead atoms. The molecule has 1 aliphatic rings. The molecule has 1 aliphatic heterocycles. The third-order valence-electron chi connectivity index (χ3n) is 3.25. The van der Waals surface area contributed by atoms with Crippen LogP contribution in [0.3, 0.4) is 0 Å². The summed E-state index contributed by atoms with van der Waals surface area (Å²) in [5.74, 6) is 0.864. The van der Waals surface area contributed by atoms with Crippen LogP contribution in [0.5, 0.6) is 0 Å². The fourth-order valence-electron chi connectivity index (χ4n) is 2.23. The van der Waals surface area contributed by atoms with E-state index in [0.29, 0.717) is 0 Å². The van der Waals surface area contributed by atoms with Gasteiger partial charge in [-0.3, -0.25) is 4.90 Å². The lowest BCUT2D eigenvalue weighted by molar-refractivity contribution is 0.148. The summed E-state index contributed by atoms with van der Waals surface area (Å²) in [7, 11) is 1.76. The molecule has 94 valence electrons.